The summed E-state index contributed by atoms with van der Waals surface area (Å²) in [6.45, 7) is 4.31. The molecule has 84 valence electrons. The molecule has 1 heterocycles. The van der Waals surface area contributed by atoms with E-state index < -0.39 is 0 Å². The Morgan fingerprint density at radius 3 is 2.44 bits per heavy atom. The van der Waals surface area contributed by atoms with Crippen LogP contribution >= 0.6 is 27.3 Å². The van der Waals surface area contributed by atoms with E-state index in [4.69, 9.17) is 0 Å². The molecule has 1 unspecified atom stereocenters. The number of rotatable bonds is 3. The summed E-state index contributed by atoms with van der Waals surface area (Å²) >= 11 is 5.61. The second-order valence-corrected chi connectivity index (χ2v) is 6.31. The van der Waals surface area contributed by atoms with E-state index >= 15 is 0 Å². The van der Waals surface area contributed by atoms with Gasteiger partial charge in [-0.25, -0.2) is 0 Å². The summed E-state index contributed by atoms with van der Waals surface area (Å²) in [5, 5.41) is 2.14. The van der Waals surface area contributed by atoms with Crippen molar-refractivity contribution in [3.05, 3.63) is 57.3 Å². The number of aryl methyl sites for hydroxylation is 2. The molecule has 0 aliphatic carbocycles. The van der Waals surface area contributed by atoms with Gasteiger partial charge in [0.1, 0.15) is 0 Å². The molecule has 1 aromatic heterocycles. The Bertz CT molecular complexity index is 439. The molecule has 0 amide bonds. The van der Waals surface area contributed by atoms with Gasteiger partial charge in [0.2, 0.25) is 0 Å². The van der Waals surface area contributed by atoms with Crippen molar-refractivity contribution in [2.45, 2.75) is 25.1 Å². The lowest BCUT2D eigenvalue weighted by atomic mass is 10.0. The van der Waals surface area contributed by atoms with E-state index in [0.29, 0.717) is 4.83 Å². The zero-order valence-electron chi connectivity index (χ0n) is 9.53. The summed E-state index contributed by atoms with van der Waals surface area (Å²) in [5.41, 5.74) is 4.06. The van der Waals surface area contributed by atoms with Crippen LogP contribution in [0.1, 0.15) is 26.4 Å². The summed E-state index contributed by atoms with van der Waals surface area (Å²) in [6, 6.07) is 11.1. The molecule has 0 aliphatic heterocycles. The molecule has 0 N–H and O–H groups in total. The maximum atomic E-state index is 3.78. The molecular weight excluding hydrogens is 280 g/mol. The van der Waals surface area contributed by atoms with Crippen LogP contribution in [0.2, 0.25) is 0 Å². The minimum absolute atomic E-state index is 0.421. The topological polar surface area (TPSA) is 0 Å². The molecule has 2 aromatic rings. The van der Waals surface area contributed by atoms with Crippen molar-refractivity contribution < 1.29 is 0 Å². The fourth-order valence-electron chi connectivity index (χ4n) is 1.91. The summed E-state index contributed by atoms with van der Waals surface area (Å²) in [4.78, 5) is 1.85. The first-order chi connectivity index (χ1) is 7.65. The molecule has 0 saturated carbocycles. The molecule has 0 bridgehead atoms. The lowest BCUT2D eigenvalue weighted by molar-refractivity contribution is 0.963. The SMILES string of the molecule is Cc1cc(C)cc(C(Br)Cc2cccs2)c1. The quantitative estimate of drug-likeness (QED) is 0.696. The molecule has 0 fully saturated rings. The second kappa shape index (κ2) is 5.15. The number of hydrogen-bond donors (Lipinski definition) is 0. The zero-order chi connectivity index (χ0) is 11.5. The molecule has 2 rings (SSSR count). The van der Waals surface area contributed by atoms with Crippen LogP contribution in [0.15, 0.2) is 35.7 Å². The second-order valence-electron chi connectivity index (χ2n) is 4.17. The highest BCUT2D eigenvalue weighted by Gasteiger charge is 2.09. The van der Waals surface area contributed by atoms with Crippen LogP contribution in [0, 0.1) is 13.8 Å². The monoisotopic (exact) mass is 294 g/mol. The Morgan fingerprint density at radius 1 is 1.19 bits per heavy atom. The smallest absolute Gasteiger partial charge is 0.0443 e. The molecule has 0 aliphatic rings. The van der Waals surface area contributed by atoms with Gasteiger partial charge in [0.05, 0.1) is 0 Å². The van der Waals surface area contributed by atoms with Crippen LogP contribution in [0.3, 0.4) is 0 Å². The van der Waals surface area contributed by atoms with Gasteiger partial charge >= 0.3 is 0 Å². The largest absolute Gasteiger partial charge is 0.149 e. The Labute approximate surface area is 109 Å². The molecule has 16 heavy (non-hydrogen) atoms. The summed E-state index contributed by atoms with van der Waals surface area (Å²) in [7, 11) is 0. The van der Waals surface area contributed by atoms with Crippen LogP contribution in [0.25, 0.3) is 0 Å². The molecule has 0 nitrogen and oxygen atoms in total. The third-order valence-corrected chi connectivity index (χ3v) is 4.32. The van der Waals surface area contributed by atoms with Crippen molar-refractivity contribution >= 4 is 27.3 Å². The minimum Gasteiger partial charge on any atom is -0.149 e. The van der Waals surface area contributed by atoms with Gasteiger partial charge in [-0.15, -0.1) is 11.3 Å². The first kappa shape index (κ1) is 11.9. The number of hydrogen-bond acceptors (Lipinski definition) is 1. The van der Waals surface area contributed by atoms with Crippen LogP contribution in [0.5, 0.6) is 0 Å². The van der Waals surface area contributed by atoms with E-state index in [1.54, 1.807) is 0 Å². The lowest BCUT2D eigenvalue weighted by Crippen LogP contribution is -1.95. The molecule has 1 aromatic carbocycles. The van der Waals surface area contributed by atoms with Gasteiger partial charge in [0, 0.05) is 9.70 Å². The van der Waals surface area contributed by atoms with Gasteiger partial charge in [0.25, 0.3) is 0 Å². The van der Waals surface area contributed by atoms with Gasteiger partial charge in [-0.1, -0.05) is 51.3 Å². The van der Waals surface area contributed by atoms with Crippen LogP contribution in [-0.4, -0.2) is 0 Å². The van der Waals surface area contributed by atoms with Crippen molar-refractivity contribution in [3.8, 4) is 0 Å². The van der Waals surface area contributed by atoms with E-state index in [1.165, 1.54) is 21.6 Å². The summed E-state index contributed by atoms with van der Waals surface area (Å²) in [6.07, 6.45) is 1.07. The van der Waals surface area contributed by atoms with E-state index in [1.807, 2.05) is 11.3 Å². The van der Waals surface area contributed by atoms with Crippen LogP contribution < -0.4 is 0 Å². The van der Waals surface area contributed by atoms with E-state index in [0.717, 1.165) is 6.42 Å². The molecule has 1 atom stereocenters. The average molecular weight is 295 g/mol. The highest BCUT2D eigenvalue weighted by atomic mass is 79.9. The standard InChI is InChI=1S/C14H15BrS/c1-10-6-11(2)8-12(7-10)14(15)9-13-4-3-5-16-13/h3-8,14H,9H2,1-2H3. The number of benzene rings is 1. The molecular formula is C14H15BrS. The predicted molar refractivity (Wildman–Crippen MR) is 75.6 cm³/mol. The van der Waals surface area contributed by atoms with E-state index in [9.17, 15) is 0 Å². The normalized spacial score (nSPS) is 12.7. The first-order valence-corrected chi connectivity index (χ1v) is 7.19. The number of thiophene rings is 1. The van der Waals surface area contributed by atoms with E-state index in [2.05, 4.69) is 65.5 Å². The maximum Gasteiger partial charge on any atom is 0.0443 e. The Balaban J connectivity index is 2.17. The fourth-order valence-corrected chi connectivity index (χ4v) is 3.49. The van der Waals surface area contributed by atoms with E-state index in [-0.39, 0.29) is 0 Å². The van der Waals surface area contributed by atoms with Gasteiger partial charge in [-0.3, -0.25) is 0 Å². The van der Waals surface area contributed by atoms with Gasteiger partial charge in [-0.05, 0) is 37.3 Å². The zero-order valence-corrected chi connectivity index (χ0v) is 11.9. The summed E-state index contributed by atoms with van der Waals surface area (Å²) < 4.78 is 0. The van der Waals surface area contributed by atoms with Crippen molar-refractivity contribution in [2.75, 3.05) is 0 Å². The fraction of sp³-hybridized carbons (Fsp3) is 0.286. The lowest BCUT2D eigenvalue weighted by Gasteiger charge is -2.11. The third kappa shape index (κ3) is 2.96. The highest BCUT2D eigenvalue weighted by molar-refractivity contribution is 9.09. The molecule has 0 radical (unpaired) electrons. The van der Waals surface area contributed by atoms with Crippen molar-refractivity contribution in [1.29, 1.82) is 0 Å². The molecule has 0 saturated heterocycles. The Morgan fingerprint density at radius 2 is 1.88 bits per heavy atom. The van der Waals surface area contributed by atoms with Gasteiger partial charge in [-0.2, -0.15) is 0 Å². The molecule has 2 heteroatoms. The highest BCUT2D eigenvalue weighted by Crippen LogP contribution is 2.29. The average Bonchev–Trinajstić information content (AvgIpc) is 2.68. The Kier molecular flexibility index (Phi) is 3.82. The van der Waals surface area contributed by atoms with Gasteiger partial charge in [0.15, 0.2) is 0 Å². The first-order valence-electron chi connectivity index (χ1n) is 5.40. The van der Waals surface area contributed by atoms with Gasteiger partial charge < -0.3 is 0 Å². The number of halogens is 1. The maximum absolute atomic E-state index is 3.78. The predicted octanol–water partition coefficient (Wildman–Crippen LogP) is 5.04. The minimum atomic E-state index is 0.421. The molecule has 0 spiro atoms. The van der Waals surface area contributed by atoms with Crippen molar-refractivity contribution in [3.63, 3.8) is 0 Å². The van der Waals surface area contributed by atoms with Crippen molar-refractivity contribution in [1.82, 2.24) is 0 Å². The van der Waals surface area contributed by atoms with Crippen LogP contribution in [0.4, 0.5) is 0 Å². The third-order valence-electron chi connectivity index (χ3n) is 2.57. The number of alkyl halides is 1. The Hall–Kier alpha value is -0.600. The van der Waals surface area contributed by atoms with Crippen molar-refractivity contribution in [2.24, 2.45) is 0 Å². The summed E-state index contributed by atoms with van der Waals surface area (Å²) in [5.74, 6) is 0. The van der Waals surface area contributed by atoms with Crippen LogP contribution in [-0.2, 0) is 6.42 Å².